The quantitative estimate of drug-likeness (QED) is 0.253. The first-order valence-corrected chi connectivity index (χ1v) is 10.2. The van der Waals surface area contributed by atoms with Crippen LogP contribution in [0.15, 0.2) is 17.1 Å². The fourth-order valence-corrected chi connectivity index (χ4v) is 3.21. The molecule has 0 fully saturated rings. The fourth-order valence-electron chi connectivity index (χ4n) is 3.21. The predicted octanol–water partition coefficient (Wildman–Crippen LogP) is 6.37. The van der Waals surface area contributed by atoms with Crippen LogP contribution in [0.4, 0.5) is 0 Å². The Bertz CT molecular complexity index is 320. The van der Waals surface area contributed by atoms with Crippen molar-refractivity contribution in [2.75, 3.05) is 20.1 Å². The van der Waals surface area contributed by atoms with E-state index < -0.39 is 0 Å². The summed E-state index contributed by atoms with van der Waals surface area (Å²) in [6.45, 7) is 4.37. The van der Waals surface area contributed by atoms with Crippen molar-refractivity contribution >= 4 is 5.84 Å². The molecule has 1 heterocycles. The molecule has 2 nitrogen and oxygen atoms in total. The van der Waals surface area contributed by atoms with E-state index in [2.05, 4.69) is 36.0 Å². The minimum absolute atomic E-state index is 0.985. The molecule has 0 aromatic rings. The number of nitrogens with zero attached hydrogens (tertiary/aromatic N) is 2. The van der Waals surface area contributed by atoms with Crippen molar-refractivity contribution in [2.45, 2.75) is 96.8 Å². The van der Waals surface area contributed by atoms with Gasteiger partial charge in [0.2, 0.25) is 0 Å². The molecule has 0 saturated carbocycles. The molecule has 0 aromatic carbocycles. The third-order valence-corrected chi connectivity index (χ3v) is 4.86. The predicted molar refractivity (Wildman–Crippen MR) is 104 cm³/mol. The maximum absolute atomic E-state index is 4.51. The summed E-state index contributed by atoms with van der Waals surface area (Å²) >= 11 is 0. The Morgan fingerprint density at radius 3 is 1.91 bits per heavy atom. The van der Waals surface area contributed by atoms with Crippen LogP contribution in [-0.2, 0) is 0 Å². The second-order valence-electron chi connectivity index (χ2n) is 7.07. The van der Waals surface area contributed by atoms with E-state index >= 15 is 0 Å². The normalized spacial score (nSPS) is 14.9. The van der Waals surface area contributed by atoms with Gasteiger partial charge in [-0.1, -0.05) is 89.7 Å². The van der Waals surface area contributed by atoms with Gasteiger partial charge in [0.25, 0.3) is 0 Å². The number of hydrogen-bond acceptors (Lipinski definition) is 2. The number of unbranched alkanes of at least 4 members (excludes halogenated alkanes) is 12. The highest BCUT2D eigenvalue weighted by atomic mass is 15.2. The molecule has 1 aliphatic rings. The van der Waals surface area contributed by atoms with Gasteiger partial charge in [-0.05, 0) is 12.8 Å². The third kappa shape index (κ3) is 11.4. The number of rotatable bonds is 15. The lowest BCUT2D eigenvalue weighted by atomic mass is 10.0. The van der Waals surface area contributed by atoms with Crippen LogP contribution in [0.2, 0.25) is 0 Å². The second kappa shape index (κ2) is 14.8. The minimum Gasteiger partial charge on any atom is -0.361 e. The lowest BCUT2D eigenvalue weighted by molar-refractivity contribution is 0.544. The maximum Gasteiger partial charge on any atom is 0.103 e. The number of aliphatic imine (C=N–C) groups is 1. The molecule has 0 saturated heterocycles. The summed E-state index contributed by atoms with van der Waals surface area (Å²) in [5.41, 5.74) is 0. The highest BCUT2D eigenvalue weighted by Gasteiger charge is 2.09. The highest BCUT2D eigenvalue weighted by Crippen LogP contribution is 2.12. The molecule has 0 amide bonds. The first-order chi connectivity index (χ1) is 11.3. The van der Waals surface area contributed by atoms with Gasteiger partial charge in [-0.3, -0.25) is 4.99 Å². The number of hydrogen-bond donors (Lipinski definition) is 0. The lowest BCUT2D eigenvalue weighted by Gasteiger charge is -2.11. The minimum atomic E-state index is 0.985. The Hall–Kier alpha value is -0.790. The van der Waals surface area contributed by atoms with Crippen LogP contribution >= 0.6 is 0 Å². The zero-order chi connectivity index (χ0) is 16.6. The summed E-state index contributed by atoms with van der Waals surface area (Å²) < 4.78 is 0. The monoisotopic (exact) mass is 320 g/mol. The summed E-state index contributed by atoms with van der Waals surface area (Å²) in [6, 6.07) is 0. The molecular formula is C21H40N2. The second-order valence-corrected chi connectivity index (χ2v) is 7.07. The van der Waals surface area contributed by atoms with Crippen molar-refractivity contribution in [3.63, 3.8) is 0 Å². The summed E-state index contributed by atoms with van der Waals surface area (Å²) in [5, 5.41) is 0. The summed E-state index contributed by atoms with van der Waals surface area (Å²) in [5.74, 6) is 1.26. The molecular weight excluding hydrogens is 280 g/mol. The summed E-state index contributed by atoms with van der Waals surface area (Å²) in [6.07, 6.45) is 24.1. The smallest absolute Gasteiger partial charge is 0.103 e. The molecule has 134 valence electrons. The van der Waals surface area contributed by atoms with Crippen molar-refractivity contribution < 1.29 is 0 Å². The van der Waals surface area contributed by atoms with Gasteiger partial charge >= 0.3 is 0 Å². The van der Waals surface area contributed by atoms with Crippen LogP contribution in [0, 0.1) is 0 Å². The first-order valence-electron chi connectivity index (χ1n) is 10.2. The van der Waals surface area contributed by atoms with E-state index in [-0.39, 0.29) is 0 Å². The molecule has 2 heteroatoms. The Labute approximate surface area is 145 Å². The molecule has 0 aromatic heterocycles. The van der Waals surface area contributed by atoms with Crippen molar-refractivity contribution in [3.8, 4) is 0 Å². The zero-order valence-corrected chi connectivity index (χ0v) is 15.9. The molecule has 0 radical (unpaired) electrons. The Kier molecular flexibility index (Phi) is 13.0. The topological polar surface area (TPSA) is 15.6 Å². The molecule has 1 aliphatic heterocycles. The van der Waals surface area contributed by atoms with E-state index in [0.717, 1.165) is 19.5 Å². The lowest BCUT2D eigenvalue weighted by Crippen LogP contribution is -2.21. The van der Waals surface area contributed by atoms with E-state index in [4.69, 9.17) is 0 Å². The zero-order valence-electron chi connectivity index (χ0n) is 15.9. The average Bonchev–Trinajstić information content (AvgIpc) is 2.96. The van der Waals surface area contributed by atoms with E-state index in [1.54, 1.807) is 0 Å². The van der Waals surface area contributed by atoms with E-state index in [9.17, 15) is 0 Å². The largest absolute Gasteiger partial charge is 0.361 e. The van der Waals surface area contributed by atoms with Crippen molar-refractivity contribution in [1.29, 1.82) is 0 Å². The molecule has 0 N–H and O–H groups in total. The van der Waals surface area contributed by atoms with Crippen LogP contribution in [0.3, 0.4) is 0 Å². The molecule has 1 rings (SSSR count). The Morgan fingerprint density at radius 1 is 0.826 bits per heavy atom. The van der Waals surface area contributed by atoms with Gasteiger partial charge < -0.3 is 4.90 Å². The van der Waals surface area contributed by atoms with Crippen LogP contribution in [0.25, 0.3) is 0 Å². The van der Waals surface area contributed by atoms with E-state index in [1.807, 2.05) is 0 Å². The van der Waals surface area contributed by atoms with Crippen molar-refractivity contribution in [1.82, 2.24) is 4.90 Å². The van der Waals surface area contributed by atoms with Crippen molar-refractivity contribution in [2.24, 2.45) is 4.99 Å². The molecule has 23 heavy (non-hydrogen) atoms. The molecule has 0 bridgehead atoms. The van der Waals surface area contributed by atoms with Gasteiger partial charge in [0.15, 0.2) is 0 Å². The van der Waals surface area contributed by atoms with Crippen LogP contribution in [0.5, 0.6) is 0 Å². The highest BCUT2D eigenvalue weighted by molar-refractivity contribution is 5.84. The van der Waals surface area contributed by atoms with Gasteiger partial charge in [0, 0.05) is 20.0 Å². The Balaban J connectivity index is 1.76. The van der Waals surface area contributed by atoms with Gasteiger partial charge in [-0.15, -0.1) is 0 Å². The van der Waals surface area contributed by atoms with Crippen LogP contribution < -0.4 is 0 Å². The van der Waals surface area contributed by atoms with Gasteiger partial charge in [-0.2, -0.15) is 0 Å². The molecule has 0 spiro atoms. The number of allylic oxidation sites excluding steroid dienone is 1. The van der Waals surface area contributed by atoms with Gasteiger partial charge in [-0.25, -0.2) is 0 Å². The van der Waals surface area contributed by atoms with Crippen LogP contribution in [-0.4, -0.2) is 30.9 Å². The van der Waals surface area contributed by atoms with Gasteiger partial charge in [0.05, 0.1) is 6.54 Å². The third-order valence-electron chi connectivity index (χ3n) is 4.86. The molecule has 0 unspecified atom stereocenters. The number of amidine groups is 1. The van der Waals surface area contributed by atoms with E-state index in [0.29, 0.717) is 0 Å². The standard InChI is InChI=1S/C21H40N2/c1-3-4-5-6-7-8-9-10-11-12-13-14-15-16-17-18-21-22-19-20-23(21)2/h16-17H,3-15,18-20H2,1-2H3. The molecule has 0 atom stereocenters. The SMILES string of the molecule is CCCCCCCCCCCCCCC=CCC1=NCCN1C. The van der Waals surface area contributed by atoms with Crippen molar-refractivity contribution in [3.05, 3.63) is 12.2 Å². The summed E-state index contributed by atoms with van der Waals surface area (Å²) in [4.78, 5) is 6.78. The average molecular weight is 321 g/mol. The maximum atomic E-state index is 4.51. The van der Waals surface area contributed by atoms with Crippen LogP contribution in [0.1, 0.15) is 96.8 Å². The Morgan fingerprint density at radius 2 is 1.39 bits per heavy atom. The first kappa shape index (κ1) is 20.3. The number of likely N-dealkylation sites (N-methyl/N-ethyl adjacent to an activating group) is 1. The molecule has 0 aliphatic carbocycles. The summed E-state index contributed by atoms with van der Waals surface area (Å²) in [7, 11) is 2.14. The van der Waals surface area contributed by atoms with E-state index in [1.165, 1.54) is 89.3 Å². The van der Waals surface area contributed by atoms with Gasteiger partial charge in [0.1, 0.15) is 5.84 Å². The fraction of sp³-hybridized carbons (Fsp3) is 0.857.